The SMILES string of the molecule is CCOC(=O)C(C)(C)Oc1ccc2c(=O)n(CC(C)C)c(CN)c(-c3ccccc3)c2c1. The lowest BCUT2D eigenvalue weighted by atomic mass is 9.96. The molecule has 1 aromatic heterocycles. The van der Waals surface area contributed by atoms with Crippen LogP contribution in [0.2, 0.25) is 0 Å². The van der Waals surface area contributed by atoms with Gasteiger partial charge in [-0.1, -0.05) is 44.2 Å². The van der Waals surface area contributed by atoms with Gasteiger partial charge in [-0.3, -0.25) is 4.79 Å². The number of nitrogens with zero attached hydrogens (tertiary/aromatic N) is 1. The van der Waals surface area contributed by atoms with Crippen LogP contribution in [0.25, 0.3) is 21.9 Å². The van der Waals surface area contributed by atoms with Gasteiger partial charge in [0.1, 0.15) is 5.75 Å². The predicted molar refractivity (Wildman–Crippen MR) is 128 cm³/mol. The second-order valence-electron chi connectivity index (χ2n) is 8.74. The van der Waals surface area contributed by atoms with Gasteiger partial charge in [0.15, 0.2) is 5.60 Å². The van der Waals surface area contributed by atoms with E-state index in [0.29, 0.717) is 17.7 Å². The zero-order valence-electron chi connectivity index (χ0n) is 19.5. The van der Waals surface area contributed by atoms with Gasteiger partial charge < -0.3 is 19.8 Å². The van der Waals surface area contributed by atoms with Gasteiger partial charge in [-0.15, -0.1) is 0 Å². The highest BCUT2D eigenvalue weighted by atomic mass is 16.6. The number of ether oxygens (including phenoxy) is 2. The number of aromatic nitrogens is 1. The number of benzene rings is 2. The molecule has 0 aliphatic heterocycles. The van der Waals surface area contributed by atoms with E-state index in [1.54, 1.807) is 37.5 Å². The van der Waals surface area contributed by atoms with E-state index in [1.807, 2.05) is 36.4 Å². The highest BCUT2D eigenvalue weighted by Crippen LogP contribution is 2.34. The third-order valence-corrected chi connectivity index (χ3v) is 5.29. The fourth-order valence-corrected chi connectivity index (χ4v) is 3.88. The maximum Gasteiger partial charge on any atom is 0.349 e. The molecule has 0 spiro atoms. The minimum atomic E-state index is -1.17. The van der Waals surface area contributed by atoms with E-state index in [1.165, 1.54) is 0 Å². The summed E-state index contributed by atoms with van der Waals surface area (Å²) in [6, 6.07) is 15.2. The summed E-state index contributed by atoms with van der Waals surface area (Å²) in [5.41, 5.74) is 7.60. The van der Waals surface area contributed by atoms with Crippen LogP contribution in [0.15, 0.2) is 53.3 Å². The smallest absolute Gasteiger partial charge is 0.349 e. The van der Waals surface area contributed by atoms with Crippen molar-refractivity contribution in [2.45, 2.75) is 53.3 Å². The molecule has 3 aromatic rings. The number of carbonyl (C=O) groups excluding carboxylic acids is 1. The highest BCUT2D eigenvalue weighted by Gasteiger charge is 2.32. The predicted octanol–water partition coefficient (Wildman–Crippen LogP) is 4.50. The van der Waals surface area contributed by atoms with Crippen LogP contribution >= 0.6 is 0 Å². The first-order valence-electron chi connectivity index (χ1n) is 11.0. The third kappa shape index (κ3) is 4.70. The maximum atomic E-state index is 13.4. The molecule has 0 atom stereocenters. The summed E-state index contributed by atoms with van der Waals surface area (Å²) in [6.07, 6.45) is 0. The Morgan fingerprint density at radius 1 is 1.09 bits per heavy atom. The summed E-state index contributed by atoms with van der Waals surface area (Å²) in [6.45, 7) is 10.3. The Morgan fingerprint density at radius 3 is 2.38 bits per heavy atom. The van der Waals surface area contributed by atoms with Gasteiger partial charge in [-0.05, 0) is 50.5 Å². The number of esters is 1. The summed E-state index contributed by atoms with van der Waals surface area (Å²) >= 11 is 0. The average molecular weight is 437 g/mol. The van der Waals surface area contributed by atoms with Crippen molar-refractivity contribution in [1.82, 2.24) is 4.57 Å². The fraction of sp³-hybridized carbons (Fsp3) is 0.385. The molecule has 0 bridgehead atoms. The number of pyridine rings is 1. The first-order valence-corrected chi connectivity index (χ1v) is 11.0. The molecule has 0 unspecified atom stereocenters. The molecule has 1 heterocycles. The summed E-state index contributed by atoms with van der Waals surface area (Å²) in [5.74, 6) is 0.321. The molecule has 0 radical (unpaired) electrons. The van der Waals surface area contributed by atoms with E-state index in [9.17, 15) is 9.59 Å². The van der Waals surface area contributed by atoms with E-state index in [2.05, 4.69) is 13.8 Å². The number of rotatable bonds is 8. The first-order chi connectivity index (χ1) is 15.2. The molecule has 0 amide bonds. The lowest BCUT2D eigenvalue weighted by Crippen LogP contribution is -2.39. The second kappa shape index (κ2) is 9.57. The maximum absolute atomic E-state index is 13.4. The van der Waals surface area contributed by atoms with Gasteiger partial charge in [-0.2, -0.15) is 0 Å². The topological polar surface area (TPSA) is 83.5 Å². The van der Waals surface area contributed by atoms with Crippen molar-refractivity contribution in [3.8, 4) is 16.9 Å². The van der Waals surface area contributed by atoms with Crippen LogP contribution in [0.3, 0.4) is 0 Å². The number of nitrogens with two attached hydrogens (primary N) is 1. The van der Waals surface area contributed by atoms with Crippen molar-refractivity contribution in [2.24, 2.45) is 11.7 Å². The van der Waals surface area contributed by atoms with E-state index < -0.39 is 11.6 Å². The van der Waals surface area contributed by atoms with Crippen molar-refractivity contribution in [2.75, 3.05) is 6.61 Å². The number of hydrogen-bond acceptors (Lipinski definition) is 5. The van der Waals surface area contributed by atoms with Gasteiger partial charge in [0.2, 0.25) is 0 Å². The zero-order valence-corrected chi connectivity index (χ0v) is 19.5. The van der Waals surface area contributed by atoms with Crippen molar-refractivity contribution in [3.05, 3.63) is 64.6 Å². The van der Waals surface area contributed by atoms with Crippen molar-refractivity contribution in [1.29, 1.82) is 0 Å². The van der Waals surface area contributed by atoms with Gasteiger partial charge in [0.25, 0.3) is 5.56 Å². The van der Waals surface area contributed by atoms with E-state index in [4.69, 9.17) is 15.2 Å². The first kappa shape index (κ1) is 23.5. The lowest BCUT2D eigenvalue weighted by molar-refractivity contribution is -0.158. The Morgan fingerprint density at radius 2 is 1.78 bits per heavy atom. The monoisotopic (exact) mass is 436 g/mol. The molecule has 0 aliphatic carbocycles. The second-order valence-corrected chi connectivity index (χ2v) is 8.74. The lowest BCUT2D eigenvalue weighted by Gasteiger charge is -2.25. The Bertz CT molecular complexity index is 1160. The summed E-state index contributed by atoms with van der Waals surface area (Å²) in [7, 11) is 0. The van der Waals surface area contributed by atoms with Crippen LogP contribution in [0.1, 0.15) is 40.3 Å². The Labute approximate surface area is 189 Å². The van der Waals surface area contributed by atoms with Crippen LogP contribution in [-0.2, 0) is 22.6 Å². The molecule has 2 aromatic carbocycles. The molecule has 32 heavy (non-hydrogen) atoms. The fourth-order valence-electron chi connectivity index (χ4n) is 3.88. The Hall–Kier alpha value is -3.12. The van der Waals surface area contributed by atoms with Gasteiger partial charge in [-0.25, -0.2) is 4.79 Å². The van der Waals surface area contributed by atoms with Gasteiger partial charge >= 0.3 is 5.97 Å². The quantitative estimate of drug-likeness (QED) is 0.526. The molecule has 170 valence electrons. The molecule has 6 heteroatoms. The van der Waals surface area contributed by atoms with E-state index >= 15 is 0 Å². The number of carbonyl (C=O) groups is 1. The summed E-state index contributed by atoms with van der Waals surface area (Å²) in [5, 5.41) is 1.34. The molecular weight excluding hydrogens is 404 g/mol. The Balaban J connectivity index is 2.27. The highest BCUT2D eigenvalue weighted by molar-refractivity contribution is 5.98. The van der Waals surface area contributed by atoms with Crippen molar-refractivity contribution in [3.63, 3.8) is 0 Å². The zero-order chi connectivity index (χ0) is 23.5. The molecule has 3 rings (SSSR count). The molecule has 0 saturated carbocycles. The van der Waals surface area contributed by atoms with Gasteiger partial charge in [0.05, 0.1) is 6.61 Å². The minimum absolute atomic E-state index is 0.0787. The molecule has 0 aliphatic rings. The van der Waals surface area contributed by atoms with Crippen LogP contribution in [0, 0.1) is 5.92 Å². The van der Waals surface area contributed by atoms with E-state index in [-0.39, 0.29) is 24.6 Å². The number of hydrogen-bond donors (Lipinski definition) is 1. The van der Waals surface area contributed by atoms with Gasteiger partial charge in [0, 0.05) is 35.1 Å². The number of fused-ring (bicyclic) bond motifs is 1. The normalized spacial score (nSPS) is 11.7. The molecule has 6 nitrogen and oxygen atoms in total. The molecule has 0 saturated heterocycles. The van der Waals surface area contributed by atoms with Crippen molar-refractivity contribution < 1.29 is 14.3 Å². The largest absolute Gasteiger partial charge is 0.476 e. The summed E-state index contributed by atoms with van der Waals surface area (Å²) < 4.78 is 12.9. The average Bonchev–Trinajstić information content (AvgIpc) is 2.75. The van der Waals surface area contributed by atoms with Crippen molar-refractivity contribution >= 4 is 16.7 Å². The van der Waals surface area contributed by atoms with E-state index in [0.717, 1.165) is 22.2 Å². The molecular formula is C26H32N2O4. The van der Waals surface area contributed by atoms with Crippen LogP contribution in [0.5, 0.6) is 5.75 Å². The van der Waals surface area contributed by atoms with Crippen LogP contribution in [0.4, 0.5) is 0 Å². The summed E-state index contributed by atoms with van der Waals surface area (Å²) in [4.78, 5) is 25.7. The standard InChI is InChI=1S/C26H32N2O4/c1-6-31-25(30)26(4,5)32-19-12-13-20-21(14-19)23(18-10-8-7-9-11-18)22(15-27)28(24(20)29)16-17(2)3/h7-14,17H,6,15-16,27H2,1-5H3. The van der Waals surface area contributed by atoms with Crippen LogP contribution in [-0.4, -0.2) is 22.7 Å². The Kier molecular flexibility index (Phi) is 7.04. The third-order valence-electron chi connectivity index (χ3n) is 5.29. The van der Waals surface area contributed by atoms with Crippen LogP contribution < -0.4 is 16.0 Å². The molecule has 2 N–H and O–H groups in total. The minimum Gasteiger partial charge on any atom is -0.476 e. The molecule has 0 fully saturated rings.